The van der Waals surface area contributed by atoms with Crippen LogP contribution >= 0.6 is 11.6 Å². The molecule has 6 heteroatoms. The number of rotatable bonds is 7. The minimum absolute atomic E-state index is 0.332. The van der Waals surface area contributed by atoms with Crippen molar-refractivity contribution in [2.75, 3.05) is 13.7 Å². The number of hydrogen-bond acceptors (Lipinski definition) is 4. The summed E-state index contributed by atoms with van der Waals surface area (Å²) in [4.78, 5) is 23.7. The maximum absolute atomic E-state index is 12.0. The summed E-state index contributed by atoms with van der Waals surface area (Å²) < 4.78 is 10.0. The number of hydrogen-bond donors (Lipinski definition) is 1. The molecule has 2 aromatic rings. The fourth-order valence-corrected chi connectivity index (χ4v) is 2.15. The Morgan fingerprint density at radius 2 is 1.83 bits per heavy atom. The molecule has 0 saturated carbocycles. The lowest BCUT2D eigenvalue weighted by molar-refractivity contribution is -0.124. The third-order valence-electron chi connectivity index (χ3n) is 3.21. The molecule has 0 spiro atoms. The van der Waals surface area contributed by atoms with Gasteiger partial charge in [-0.25, -0.2) is 4.79 Å². The number of carbonyl (C=O) groups is 2. The first-order valence-corrected chi connectivity index (χ1v) is 7.72. The normalized spacial score (nSPS) is 10.2. The molecule has 126 valence electrons. The average Bonchev–Trinajstić information content (AvgIpc) is 2.59. The summed E-state index contributed by atoms with van der Waals surface area (Å²) in [6.45, 7) is 0.417. The lowest BCUT2D eigenvalue weighted by Gasteiger charge is -2.08. The van der Waals surface area contributed by atoms with Crippen molar-refractivity contribution in [1.29, 1.82) is 0 Å². The molecular weight excluding hydrogens is 330 g/mol. The lowest BCUT2D eigenvalue weighted by Crippen LogP contribution is -2.28. The fourth-order valence-electron chi connectivity index (χ4n) is 2.02. The van der Waals surface area contributed by atoms with Crippen molar-refractivity contribution in [2.45, 2.75) is 13.2 Å². The SMILES string of the molecule is COCc1cccc(C(=O)OCC(=O)NCc2ccc(Cl)cc2)c1. The summed E-state index contributed by atoms with van der Waals surface area (Å²) in [5, 5.41) is 3.31. The molecule has 0 radical (unpaired) electrons. The van der Waals surface area contributed by atoms with Crippen LogP contribution in [0, 0.1) is 0 Å². The van der Waals surface area contributed by atoms with Crippen LogP contribution in [0.3, 0.4) is 0 Å². The largest absolute Gasteiger partial charge is 0.452 e. The Kier molecular flexibility index (Phi) is 6.78. The molecule has 1 amide bonds. The number of amides is 1. The zero-order valence-corrected chi connectivity index (χ0v) is 14.0. The molecular formula is C18H18ClNO4. The van der Waals surface area contributed by atoms with Crippen molar-refractivity contribution in [3.8, 4) is 0 Å². The van der Waals surface area contributed by atoms with Gasteiger partial charge in [0.15, 0.2) is 6.61 Å². The van der Waals surface area contributed by atoms with Crippen LogP contribution in [0.25, 0.3) is 0 Å². The second-order valence-corrected chi connectivity index (χ2v) is 5.55. The van der Waals surface area contributed by atoms with E-state index in [9.17, 15) is 9.59 Å². The van der Waals surface area contributed by atoms with Crippen LogP contribution in [0.15, 0.2) is 48.5 Å². The van der Waals surface area contributed by atoms with Crippen molar-refractivity contribution in [3.63, 3.8) is 0 Å². The zero-order chi connectivity index (χ0) is 17.4. The number of esters is 1. The molecule has 24 heavy (non-hydrogen) atoms. The zero-order valence-electron chi connectivity index (χ0n) is 13.3. The van der Waals surface area contributed by atoms with Crippen LogP contribution in [0.5, 0.6) is 0 Å². The molecule has 0 aliphatic rings. The van der Waals surface area contributed by atoms with Gasteiger partial charge in [0.1, 0.15) is 0 Å². The Morgan fingerprint density at radius 1 is 1.08 bits per heavy atom. The molecule has 1 N–H and O–H groups in total. The summed E-state index contributed by atoms with van der Waals surface area (Å²) in [6.07, 6.45) is 0. The molecule has 0 aliphatic carbocycles. The van der Waals surface area contributed by atoms with Gasteiger partial charge in [-0.1, -0.05) is 35.9 Å². The van der Waals surface area contributed by atoms with Crippen LogP contribution in [0.2, 0.25) is 5.02 Å². The topological polar surface area (TPSA) is 64.6 Å². The summed E-state index contributed by atoms with van der Waals surface area (Å²) in [7, 11) is 1.58. The molecule has 0 fully saturated rings. The summed E-state index contributed by atoms with van der Waals surface area (Å²) in [6, 6.07) is 14.0. The van der Waals surface area contributed by atoms with E-state index in [0.717, 1.165) is 11.1 Å². The van der Waals surface area contributed by atoms with Crippen molar-refractivity contribution >= 4 is 23.5 Å². The number of nitrogens with one attached hydrogen (secondary N) is 1. The van der Waals surface area contributed by atoms with E-state index in [1.807, 2.05) is 18.2 Å². The van der Waals surface area contributed by atoms with Crippen LogP contribution in [-0.2, 0) is 27.4 Å². The molecule has 0 saturated heterocycles. The van der Waals surface area contributed by atoms with Gasteiger partial charge in [-0.15, -0.1) is 0 Å². The predicted molar refractivity (Wildman–Crippen MR) is 90.7 cm³/mol. The van der Waals surface area contributed by atoms with Gasteiger partial charge >= 0.3 is 5.97 Å². The van der Waals surface area contributed by atoms with E-state index in [2.05, 4.69) is 5.32 Å². The fraction of sp³-hybridized carbons (Fsp3) is 0.222. The molecule has 5 nitrogen and oxygen atoms in total. The molecule has 0 heterocycles. The van der Waals surface area contributed by atoms with E-state index in [1.54, 1.807) is 37.4 Å². The van der Waals surface area contributed by atoms with Crippen molar-refractivity contribution in [3.05, 3.63) is 70.2 Å². The van der Waals surface area contributed by atoms with E-state index >= 15 is 0 Å². The van der Waals surface area contributed by atoms with Crippen molar-refractivity contribution in [2.24, 2.45) is 0 Å². The maximum atomic E-state index is 12.0. The quantitative estimate of drug-likeness (QED) is 0.782. The van der Waals surface area contributed by atoms with Crippen LogP contribution in [-0.4, -0.2) is 25.6 Å². The van der Waals surface area contributed by atoms with Crippen molar-refractivity contribution in [1.82, 2.24) is 5.32 Å². The van der Waals surface area contributed by atoms with Gasteiger partial charge in [0, 0.05) is 18.7 Å². The highest BCUT2D eigenvalue weighted by molar-refractivity contribution is 6.30. The van der Waals surface area contributed by atoms with E-state index in [4.69, 9.17) is 21.1 Å². The first kappa shape index (κ1) is 18.0. The molecule has 0 aromatic heterocycles. The van der Waals surface area contributed by atoms with Gasteiger partial charge in [-0.05, 0) is 35.4 Å². The van der Waals surface area contributed by atoms with Crippen LogP contribution in [0.4, 0.5) is 0 Å². The molecule has 0 atom stereocenters. The number of benzene rings is 2. The Morgan fingerprint density at radius 3 is 2.54 bits per heavy atom. The third kappa shape index (κ3) is 5.68. The van der Waals surface area contributed by atoms with Gasteiger partial charge in [0.25, 0.3) is 5.91 Å². The lowest BCUT2D eigenvalue weighted by atomic mass is 10.1. The number of carbonyl (C=O) groups excluding carboxylic acids is 2. The van der Waals surface area contributed by atoms with Crippen LogP contribution in [0.1, 0.15) is 21.5 Å². The Balaban J connectivity index is 1.79. The van der Waals surface area contributed by atoms with Crippen LogP contribution < -0.4 is 5.32 Å². The average molecular weight is 348 g/mol. The summed E-state index contributed by atoms with van der Waals surface area (Å²) in [5.74, 6) is -0.916. The monoisotopic (exact) mass is 347 g/mol. The van der Waals surface area contributed by atoms with E-state index in [1.165, 1.54) is 0 Å². The maximum Gasteiger partial charge on any atom is 0.338 e. The molecule has 2 aromatic carbocycles. The Bertz CT molecular complexity index is 700. The minimum Gasteiger partial charge on any atom is -0.452 e. The summed E-state index contributed by atoms with van der Waals surface area (Å²) in [5.41, 5.74) is 2.15. The third-order valence-corrected chi connectivity index (χ3v) is 3.46. The van der Waals surface area contributed by atoms with E-state index < -0.39 is 5.97 Å². The van der Waals surface area contributed by atoms with E-state index in [0.29, 0.717) is 23.7 Å². The summed E-state index contributed by atoms with van der Waals surface area (Å²) >= 11 is 5.80. The highest BCUT2D eigenvalue weighted by Gasteiger charge is 2.10. The number of halogens is 1. The Labute approximate surface area is 145 Å². The predicted octanol–water partition coefficient (Wildman–Crippen LogP) is 2.96. The minimum atomic E-state index is -0.547. The highest BCUT2D eigenvalue weighted by atomic mass is 35.5. The van der Waals surface area contributed by atoms with Gasteiger partial charge in [-0.2, -0.15) is 0 Å². The highest BCUT2D eigenvalue weighted by Crippen LogP contribution is 2.09. The Hall–Kier alpha value is -2.37. The number of methoxy groups -OCH3 is 1. The number of ether oxygens (including phenoxy) is 2. The first-order valence-electron chi connectivity index (χ1n) is 7.34. The van der Waals surface area contributed by atoms with Gasteiger partial charge < -0.3 is 14.8 Å². The molecule has 0 bridgehead atoms. The second-order valence-electron chi connectivity index (χ2n) is 5.11. The molecule has 0 aliphatic heterocycles. The second kappa shape index (κ2) is 9.05. The van der Waals surface area contributed by atoms with Crippen molar-refractivity contribution < 1.29 is 19.1 Å². The van der Waals surface area contributed by atoms with Gasteiger partial charge in [-0.3, -0.25) is 4.79 Å². The molecule has 2 rings (SSSR count). The first-order chi connectivity index (χ1) is 11.6. The smallest absolute Gasteiger partial charge is 0.338 e. The standard InChI is InChI=1S/C18H18ClNO4/c1-23-11-14-3-2-4-15(9-14)18(22)24-12-17(21)20-10-13-5-7-16(19)8-6-13/h2-9H,10-12H2,1H3,(H,20,21). The van der Waals surface area contributed by atoms with Gasteiger partial charge in [0.05, 0.1) is 12.2 Å². The van der Waals surface area contributed by atoms with E-state index in [-0.39, 0.29) is 12.5 Å². The molecule has 0 unspecified atom stereocenters. The van der Waals surface area contributed by atoms with Gasteiger partial charge in [0.2, 0.25) is 0 Å².